The maximum Gasteiger partial charge on any atom is 0.182 e. The highest BCUT2D eigenvalue weighted by Crippen LogP contribution is 2.55. The lowest BCUT2D eigenvalue weighted by Crippen LogP contribution is -2.14. The smallest absolute Gasteiger partial charge is 0.182 e. The van der Waals surface area contributed by atoms with Gasteiger partial charge in [0, 0.05) is 17.4 Å². The summed E-state index contributed by atoms with van der Waals surface area (Å²) in [4.78, 5) is 13.3. The molecule has 130 valence electrons. The Labute approximate surface area is 153 Å². The van der Waals surface area contributed by atoms with E-state index in [4.69, 9.17) is 0 Å². The Bertz CT molecular complexity index is 1010. The van der Waals surface area contributed by atoms with Gasteiger partial charge in [0.25, 0.3) is 0 Å². The van der Waals surface area contributed by atoms with Crippen molar-refractivity contribution < 1.29 is 13.2 Å². The van der Waals surface area contributed by atoms with E-state index in [1.807, 2.05) is 36.4 Å². The molecule has 0 bridgehead atoms. The minimum absolute atomic E-state index is 0.107. The average molecular weight is 362 g/mol. The lowest BCUT2D eigenvalue weighted by Gasteiger charge is -2.04. The molecule has 1 aliphatic carbocycles. The zero-order chi connectivity index (χ0) is 18.1. The predicted molar refractivity (Wildman–Crippen MR) is 101 cm³/mol. The molecule has 3 nitrogen and oxygen atoms in total. The largest absolute Gasteiger partial charge is 0.294 e. The van der Waals surface area contributed by atoms with Gasteiger partial charge in [0.05, 0.1) is 10.1 Å². The first kappa shape index (κ1) is 16.7. The Morgan fingerprint density at radius 2 is 1.19 bits per heavy atom. The molecule has 3 aromatic rings. The first-order valence-corrected chi connectivity index (χ1v) is 10.1. The van der Waals surface area contributed by atoms with Gasteiger partial charge in [-0.3, -0.25) is 4.79 Å². The van der Waals surface area contributed by atoms with Gasteiger partial charge < -0.3 is 0 Å². The van der Waals surface area contributed by atoms with Crippen LogP contribution in [0.3, 0.4) is 0 Å². The standard InChI is InChI=1S/C22H18O3S/c23-21(17-12-6-2-7-13-17)20-19(16-10-4-1-5-11-16)22(20)26(24,25)18-14-8-3-9-15-18/h1-15,19-20,22H/t19-,20-,22+/m1/s1. The molecule has 3 aromatic carbocycles. The van der Waals surface area contributed by atoms with Gasteiger partial charge in [-0.2, -0.15) is 0 Å². The Balaban J connectivity index is 1.75. The SMILES string of the molecule is O=C(c1ccccc1)[C@H]1[C@@H](c2ccccc2)[C@@H]1S(=O)(=O)c1ccccc1. The van der Waals surface area contributed by atoms with Gasteiger partial charge in [-0.15, -0.1) is 0 Å². The van der Waals surface area contributed by atoms with Crippen molar-refractivity contribution in [1.82, 2.24) is 0 Å². The molecule has 0 aliphatic heterocycles. The van der Waals surface area contributed by atoms with Crippen LogP contribution in [0.25, 0.3) is 0 Å². The van der Waals surface area contributed by atoms with E-state index in [1.165, 1.54) is 0 Å². The Hall–Kier alpha value is -2.72. The fraction of sp³-hybridized carbons (Fsp3) is 0.136. The molecular formula is C22H18O3S. The molecule has 4 heteroatoms. The highest BCUT2D eigenvalue weighted by atomic mass is 32.2. The molecule has 0 aromatic heterocycles. The van der Waals surface area contributed by atoms with Crippen molar-refractivity contribution in [3.8, 4) is 0 Å². The molecule has 3 atom stereocenters. The Morgan fingerprint density at radius 3 is 1.77 bits per heavy atom. The van der Waals surface area contributed by atoms with Crippen LogP contribution in [-0.4, -0.2) is 19.5 Å². The minimum Gasteiger partial charge on any atom is -0.294 e. The molecule has 4 rings (SSSR count). The molecule has 26 heavy (non-hydrogen) atoms. The molecule has 1 saturated carbocycles. The van der Waals surface area contributed by atoms with Crippen LogP contribution in [0.15, 0.2) is 95.9 Å². The monoisotopic (exact) mass is 362 g/mol. The van der Waals surface area contributed by atoms with E-state index in [0.29, 0.717) is 5.56 Å². The molecule has 0 amide bonds. The lowest BCUT2D eigenvalue weighted by molar-refractivity contribution is 0.0965. The summed E-state index contributed by atoms with van der Waals surface area (Å²) in [5, 5.41) is -0.722. The van der Waals surface area contributed by atoms with Crippen molar-refractivity contribution in [2.45, 2.75) is 16.1 Å². The van der Waals surface area contributed by atoms with E-state index in [-0.39, 0.29) is 16.6 Å². The number of carbonyl (C=O) groups excluding carboxylic acids is 1. The van der Waals surface area contributed by atoms with Crippen LogP contribution in [0, 0.1) is 5.92 Å². The summed E-state index contributed by atoms with van der Waals surface area (Å²) in [5.41, 5.74) is 1.45. The zero-order valence-corrected chi connectivity index (χ0v) is 14.8. The van der Waals surface area contributed by atoms with Gasteiger partial charge in [0.1, 0.15) is 0 Å². The van der Waals surface area contributed by atoms with Crippen LogP contribution in [-0.2, 0) is 9.84 Å². The summed E-state index contributed by atoms with van der Waals surface area (Å²) in [6, 6.07) is 26.8. The molecule has 0 heterocycles. The maximum atomic E-state index is 13.2. The number of ketones is 1. The average Bonchev–Trinajstić information content (AvgIpc) is 3.46. The molecule has 1 aliphatic rings. The fourth-order valence-corrected chi connectivity index (χ4v) is 5.77. The minimum atomic E-state index is -3.59. The third-order valence-electron chi connectivity index (χ3n) is 4.93. The van der Waals surface area contributed by atoms with Crippen molar-refractivity contribution in [3.63, 3.8) is 0 Å². The highest BCUT2D eigenvalue weighted by molar-refractivity contribution is 7.92. The zero-order valence-electron chi connectivity index (χ0n) is 14.0. The lowest BCUT2D eigenvalue weighted by atomic mass is 10.0. The van der Waals surface area contributed by atoms with E-state index >= 15 is 0 Å². The van der Waals surface area contributed by atoms with Crippen LogP contribution in [0.5, 0.6) is 0 Å². The van der Waals surface area contributed by atoms with Crippen molar-refractivity contribution in [2.24, 2.45) is 5.92 Å². The normalized spacial score (nSPS) is 21.9. The van der Waals surface area contributed by atoms with E-state index in [1.54, 1.807) is 54.6 Å². The summed E-state index contributed by atoms with van der Waals surface area (Å²) < 4.78 is 26.3. The summed E-state index contributed by atoms with van der Waals surface area (Å²) in [6.45, 7) is 0. The van der Waals surface area contributed by atoms with Crippen LogP contribution >= 0.6 is 0 Å². The highest BCUT2D eigenvalue weighted by Gasteiger charge is 2.62. The summed E-state index contributed by atoms with van der Waals surface area (Å²) >= 11 is 0. The first-order chi connectivity index (χ1) is 12.6. The van der Waals surface area contributed by atoms with Crippen LogP contribution < -0.4 is 0 Å². The van der Waals surface area contributed by atoms with Crippen LogP contribution in [0.1, 0.15) is 21.8 Å². The third kappa shape index (κ3) is 2.86. The van der Waals surface area contributed by atoms with Crippen LogP contribution in [0.2, 0.25) is 0 Å². The van der Waals surface area contributed by atoms with Crippen molar-refractivity contribution in [2.75, 3.05) is 0 Å². The molecular weight excluding hydrogens is 344 g/mol. The second-order valence-electron chi connectivity index (χ2n) is 6.52. The number of benzene rings is 3. The fourth-order valence-electron chi connectivity index (χ4n) is 3.62. The second-order valence-corrected chi connectivity index (χ2v) is 8.62. The number of Topliss-reactive ketones (excluding diaryl/α,β-unsaturated/α-hetero) is 1. The molecule has 0 N–H and O–H groups in total. The van der Waals surface area contributed by atoms with Gasteiger partial charge in [0.2, 0.25) is 0 Å². The summed E-state index contributed by atoms with van der Waals surface area (Å²) in [6.07, 6.45) is 0. The van der Waals surface area contributed by atoms with E-state index in [2.05, 4.69) is 0 Å². The van der Waals surface area contributed by atoms with Gasteiger partial charge in [-0.25, -0.2) is 8.42 Å². The Kier molecular flexibility index (Phi) is 4.21. The molecule has 1 fully saturated rings. The number of hydrogen-bond donors (Lipinski definition) is 0. The van der Waals surface area contributed by atoms with Crippen LogP contribution in [0.4, 0.5) is 0 Å². The number of hydrogen-bond acceptors (Lipinski definition) is 3. The van der Waals surface area contributed by atoms with Gasteiger partial charge in [-0.1, -0.05) is 78.9 Å². The molecule has 0 unspecified atom stereocenters. The first-order valence-electron chi connectivity index (χ1n) is 8.54. The summed E-state index contributed by atoms with van der Waals surface area (Å²) in [5.74, 6) is -0.969. The number of carbonyl (C=O) groups is 1. The second kappa shape index (κ2) is 6.54. The van der Waals surface area contributed by atoms with Gasteiger partial charge >= 0.3 is 0 Å². The molecule has 0 saturated heterocycles. The summed E-state index contributed by atoms with van der Waals surface area (Å²) in [7, 11) is -3.59. The van der Waals surface area contributed by atoms with Gasteiger partial charge in [0.15, 0.2) is 15.6 Å². The van der Waals surface area contributed by atoms with E-state index < -0.39 is 21.0 Å². The molecule has 0 radical (unpaired) electrons. The number of sulfone groups is 1. The Morgan fingerprint density at radius 1 is 0.692 bits per heavy atom. The van der Waals surface area contributed by atoms with E-state index in [9.17, 15) is 13.2 Å². The molecule has 0 spiro atoms. The van der Waals surface area contributed by atoms with Gasteiger partial charge in [-0.05, 0) is 17.7 Å². The predicted octanol–water partition coefficient (Wildman–Crippen LogP) is 4.13. The van der Waals surface area contributed by atoms with Crippen molar-refractivity contribution in [1.29, 1.82) is 0 Å². The topological polar surface area (TPSA) is 51.2 Å². The quantitative estimate of drug-likeness (QED) is 0.642. The third-order valence-corrected chi connectivity index (χ3v) is 7.16. The maximum absolute atomic E-state index is 13.2. The number of rotatable bonds is 5. The van der Waals surface area contributed by atoms with E-state index in [0.717, 1.165) is 5.56 Å². The van der Waals surface area contributed by atoms with Crippen molar-refractivity contribution >= 4 is 15.6 Å². The van der Waals surface area contributed by atoms with Crippen molar-refractivity contribution in [3.05, 3.63) is 102 Å².